The average molecular weight is 382 g/mol. The highest BCUT2D eigenvalue weighted by Gasteiger charge is 2.26. The summed E-state index contributed by atoms with van der Waals surface area (Å²) in [6, 6.07) is 7.21. The van der Waals surface area contributed by atoms with Gasteiger partial charge in [-0.25, -0.2) is 12.7 Å². The molecule has 1 saturated heterocycles. The number of aromatic nitrogens is 1. The van der Waals surface area contributed by atoms with Gasteiger partial charge in [0.25, 0.3) is 0 Å². The zero-order valence-electron chi connectivity index (χ0n) is 13.9. The molecule has 8 heteroatoms. The SMILES string of the molecule is CS(=O)(=O)N1CCCC(NC(=O)Cc2cc3cc(Cl)ccc3cn2)C1. The van der Waals surface area contributed by atoms with Crippen molar-refractivity contribution in [1.29, 1.82) is 0 Å². The molecule has 0 radical (unpaired) electrons. The number of rotatable bonds is 4. The molecule has 2 aromatic rings. The lowest BCUT2D eigenvalue weighted by Crippen LogP contribution is -2.49. The molecule has 6 nitrogen and oxygen atoms in total. The molecule has 1 aromatic carbocycles. The highest BCUT2D eigenvalue weighted by Crippen LogP contribution is 2.19. The van der Waals surface area contributed by atoms with Crippen LogP contribution >= 0.6 is 11.6 Å². The Balaban J connectivity index is 1.64. The minimum absolute atomic E-state index is 0.151. The number of carbonyl (C=O) groups is 1. The van der Waals surface area contributed by atoms with Gasteiger partial charge >= 0.3 is 0 Å². The first kappa shape index (κ1) is 18.1. The van der Waals surface area contributed by atoms with E-state index in [2.05, 4.69) is 10.3 Å². The first-order valence-corrected chi connectivity index (χ1v) is 10.3. The van der Waals surface area contributed by atoms with E-state index in [-0.39, 0.29) is 18.4 Å². The largest absolute Gasteiger partial charge is 0.352 e. The van der Waals surface area contributed by atoms with E-state index in [0.717, 1.165) is 23.6 Å². The van der Waals surface area contributed by atoms with E-state index in [1.54, 1.807) is 12.3 Å². The monoisotopic (exact) mass is 381 g/mol. The third kappa shape index (κ3) is 4.68. The molecule has 0 saturated carbocycles. The second kappa shape index (κ2) is 7.27. The maximum absolute atomic E-state index is 12.3. The summed E-state index contributed by atoms with van der Waals surface area (Å²) in [6.45, 7) is 0.837. The second-order valence-corrected chi connectivity index (χ2v) is 8.79. The Morgan fingerprint density at radius 3 is 2.92 bits per heavy atom. The Morgan fingerprint density at radius 1 is 1.36 bits per heavy atom. The molecule has 1 aliphatic rings. The lowest BCUT2D eigenvalue weighted by Gasteiger charge is -2.31. The lowest BCUT2D eigenvalue weighted by atomic mass is 10.1. The van der Waals surface area contributed by atoms with Crippen molar-refractivity contribution in [3.63, 3.8) is 0 Å². The van der Waals surface area contributed by atoms with E-state index in [1.165, 1.54) is 10.6 Å². The van der Waals surface area contributed by atoms with Crippen molar-refractivity contribution in [2.24, 2.45) is 0 Å². The van der Waals surface area contributed by atoms with E-state index >= 15 is 0 Å². The third-order valence-electron chi connectivity index (χ3n) is 4.30. The summed E-state index contributed by atoms with van der Waals surface area (Å²) in [5, 5.41) is 5.45. The quantitative estimate of drug-likeness (QED) is 0.878. The molecule has 1 unspecified atom stereocenters. The van der Waals surface area contributed by atoms with Crippen LogP contribution in [0, 0.1) is 0 Å². The molecule has 1 aliphatic heterocycles. The molecule has 3 rings (SSSR count). The number of fused-ring (bicyclic) bond motifs is 1. The highest BCUT2D eigenvalue weighted by molar-refractivity contribution is 7.88. The van der Waals surface area contributed by atoms with Crippen LogP contribution in [-0.4, -0.2) is 49.0 Å². The van der Waals surface area contributed by atoms with Crippen LogP contribution in [0.15, 0.2) is 30.5 Å². The maximum Gasteiger partial charge on any atom is 0.226 e. The van der Waals surface area contributed by atoms with Crippen LogP contribution in [0.4, 0.5) is 0 Å². The molecular weight excluding hydrogens is 362 g/mol. The maximum atomic E-state index is 12.3. The van der Waals surface area contributed by atoms with Crippen LogP contribution in [0.2, 0.25) is 5.02 Å². The minimum atomic E-state index is -3.22. The van der Waals surface area contributed by atoms with Crippen LogP contribution in [0.25, 0.3) is 10.8 Å². The molecule has 1 aromatic heterocycles. The van der Waals surface area contributed by atoms with E-state index < -0.39 is 10.0 Å². The summed E-state index contributed by atoms with van der Waals surface area (Å²) >= 11 is 6.00. The number of hydrogen-bond donors (Lipinski definition) is 1. The van der Waals surface area contributed by atoms with Gasteiger partial charge in [-0.05, 0) is 36.4 Å². The topological polar surface area (TPSA) is 79.4 Å². The van der Waals surface area contributed by atoms with Crippen molar-refractivity contribution in [2.45, 2.75) is 25.3 Å². The summed E-state index contributed by atoms with van der Waals surface area (Å²) in [4.78, 5) is 16.6. The number of halogens is 1. The number of hydrogen-bond acceptors (Lipinski definition) is 4. The molecule has 134 valence electrons. The number of pyridine rings is 1. The minimum Gasteiger partial charge on any atom is -0.352 e. The van der Waals surface area contributed by atoms with E-state index in [0.29, 0.717) is 23.8 Å². The second-order valence-electron chi connectivity index (χ2n) is 6.37. The fraction of sp³-hybridized carbons (Fsp3) is 0.412. The first-order chi connectivity index (χ1) is 11.8. The number of amides is 1. The van der Waals surface area contributed by atoms with Gasteiger partial charge in [-0.3, -0.25) is 9.78 Å². The molecule has 25 heavy (non-hydrogen) atoms. The molecule has 0 spiro atoms. The third-order valence-corrected chi connectivity index (χ3v) is 5.81. The Morgan fingerprint density at radius 2 is 2.16 bits per heavy atom. The van der Waals surface area contributed by atoms with E-state index in [4.69, 9.17) is 11.6 Å². The summed E-state index contributed by atoms with van der Waals surface area (Å²) in [5.41, 5.74) is 0.656. The molecule has 1 atom stereocenters. The van der Waals surface area contributed by atoms with Crippen LogP contribution in [0.1, 0.15) is 18.5 Å². The summed E-state index contributed by atoms with van der Waals surface area (Å²) < 4.78 is 24.7. The fourth-order valence-electron chi connectivity index (χ4n) is 3.06. The van der Waals surface area contributed by atoms with Crippen molar-refractivity contribution >= 4 is 38.3 Å². The number of carbonyl (C=O) groups excluding carboxylic acids is 1. The Bertz CT molecular complexity index is 901. The lowest BCUT2D eigenvalue weighted by molar-refractivity contribution is -0.121. The summed E-state index contributed by atoms with van der Waals surface area (Å²) in [5.74, 6) is -0.158. The van der Waals surface area contributed by atoms with Gasteiger partial charge in [-0.1, -0.05) is 17.7 Å². The van der Waals surface area contributed by atoms with Crippen LogP contribution in [0.5, 0.6) is 0 Å². The van der Waals surface area contributed by atoms with Gasteiger partial charge in [0.05, 0.1) is 18.4 Å². The number of piperidine rings is 1. The van der Waals surface area contributed by atoms with Gasteiger partial charge in [-0.2, -0.15) is 0 Å². The van der Waals surface area contributed by atoms with Crippen molar-refractivity contribution in [2.75, 3.05) is 19.3 Å². The van der Waals surface area contributed by atoms with Gasteiger partial charge < -0.3 is 5.32 Å². The molecule has 0 aliphatic carbocycles. The average Bonchev–Trinajstić information content (AvgIpc) is 2.53. The predicted molar refractivity (Wildman–Crippen MR) is 98.0 cm³/mol. The fourth-order valence-corrected chi connectivity index (χ4v) is 4.15. The number of sulfonamides is 1. The molecule has 0 bridgehead atoms. The number of benzene rings is 1. The zero-order valence-corrected chi connectivity index (χ0v) is 15.5. The Labute approximate surface area is 152 Å². The van der Waals surface area contributed by atoms with Gasteiger partial charge in [0.15, 0.2) is 0 Å². The van der Waals surface area contributed by atoms with Crippen molar-refractivity contribution in [3.8, 4) is 0 Å². The van der Waals surface area contributed by atoms with Crippen molar-refractivity contribution < 1.29 is 13.2 Å². The standard InChI is InChI=1S/C17H20ClN3O3S/c1-25(23,24)21-6-2-3-15(11-21)20-17(22)9-16-8-13-7-14(18)5-4-12(13)10-19-16/h4-5,7-8,10,15H,2-3,6,9,11H2,1H3,(H,20,22). The Kier molecular flexibility index (Phi) is 5.27. The van der Waals surface area contributed by atoms with Crippen molar-refractivity contribution in [1.82, 2.24) is 14.6 Å². The van der Waals surface area contributed by atoms with Gasteiger partial charge in [-0.15, -0.1) is 0 Å². The highest BCUT2D eigenvalue weighted by atomic mass is 35.5. The normalized spacial score (nSPS) is 19.0. The van der Waals surface area contributed by atoms with Crippen LogP contribution in [0.3, 0.4) is 0 Å². The van der Waals surface area contributed by atoms with Crippen molar-refractivity contribution in [3.05, 3.63) is 41.2 Å². The Hall–Kier alpha value is -1.70. The molecule has 1 N–H and O–H groups in total. The van der Waals surface area contributed by atoms with Crippen LogP contribution in [-0.2, 0) is 21.2 Å². The van der Waals surface area contributed by atoms with Gasteiger partial charge in [0.1, 0.15) is 0 Å². The molecule has 1 fully saturated rings. The number of nitrogens with one attached hydrogen (secondary N) is 1. The van der Waals surface area contributed by atoms with Gasteiger partial charge in [0, 0.05) is 35.7 Å². The molecular formula is C17H20ClN3O3S. The molecule has 1 amide bonds. The molecule has 2 heterocycles. The van der Waals surface area contributed by atoms with Gasteiger partial charge in [0.2, 0.25) is 15.9 Å². The number of nitrogens with zero attached hydrogens (tertiary/aromatic N) is 2. The zero-order chi connectivity index (χ0) is 18.0. The summed E-state index contributed by atoms with van der Waals surface area (Å²) in [7, 11) is -3.22. The summed E-state index contributed by atoms with van der Waals surface area (Å²) in [6.07, 6.45) is 4.59. The van der Waals surface area contributed by atoms with Crippen LogP contribution < -0.4 is 5.32 Å². The predicted octanol–water partition coefficient (Wildman–Crippen LogP) is 1.97. The van der Waals surface area contributed by atoms with E-state index in [1.807, 2.05) is 18.2 Å². The first-order valence-electron chi connectivity index (χ1n) is 8.10. The van der Waals surface area contributed by atoms with E-state index in [9.17, 15) is 13.2 Å². The smallest absolute Gasteiger partial charge is 0.226 e.